The predicted molar refractivity (Wildman–Crippen MR) is 105 cm³/mol. The van der Waals surface area contributed by atoms with Gasteiger partial charge in [-0.1, -0.05) is 30.3 Å². The van der Waals surface area contributed by atoms with Crippen molar-refractivity contribution in [1.29, 1.82) is 0 Å². The second-order valence-electron chi connectivity index (χ2n) is 7.24. The van der Waals surface area contributed by atoms with Gasteiger partial charge in [0, 0.05) is 12.7 Å². The van der Waals surface area contributed by atoms with Crippen LogP contribution in [0, 0.1) is 0 Å². The molecule has 8 nitrogen and oxygen atoms in total. The second-order valence-corrected chi connectivity index (χ2v) is 7.24. The maximum absolute atomic E-state index is 12.4. The molecule has 28 heavy (non-hydrogen) atoms. The van der Waals surface area contributed by atoms with Crippen LogP contribution >= 0.6 is 0 Å². The molecule has 0 aliphatic heterocycles. The maximum atomic E-state index is 12.4. The van der Waals surface area contributed by atoms with E-state index in [4.69, 9.17) is 9.84 Å². The molecule has 0 bridgehead atoms. The highest BCUT2D eigenvalue weighted by Gasteiger charge is 2.26. The summed E-state index contributed by atoms with van der Waals surface area (Å²) in [6.07, 6.45) is -0.350. The summed E-state index contributed by atoms with van der Waals surface area (Å²) in [5.41, 5.74) is 3.90. The van der Waals surface area contributed by atoms with Gasteiger partial charge in [0.25, 0.3) is 0 Å². The molecule has 0 aliphatic carbocycles. The van der Waals surface area contributed by atoms with Gasteiger partial charge in [-0.05, 0) is 44.5 Å². The first-order valence-electron chi connectivity index (χ1n) is 8.75. The highest BCUT2D eigenvalue weighted by Crippen LogP contribution is 2.21. The molecule has 3 aromatic rings. The smallest absolute Gasteiger partial charge is 0.435 e. The lowest BCUT2D eigenvalue weighted by molar-refractivity contribution is 0.0557. The topological polar surface area (TPSA) is 96.7 Å². The Bertz CT molecular complexity index is 992. The number of carbonyl (C=O) groups excluding carboxylic acids is 1. The Balaban J connectivity index is 1.90. The Kier molecular flexibility index (Phi) is 5.21. The zero-order chi connectivity index (χ0) is 20.3. The number of nitrogens with zero attached hydrogens (tertiary/aromatic N) is 3. The zero-order valence-electron chi connectivity index (χ0n) is 15.9. The standard InChI is InChI=1S/C20H22N4O4/c1-20(2,3)28-19(27)24(22-18(25)26)17-10-9-16-15(21-17)11-12-23(16)13-14-7-5-4-6-8-14/h4-12,22H,13H2,1-3H3,(H,25,26). The van der Waals surface area contributed by atoms with Crippen LogP contribution in [0.3, 0.4) is 0 Å². The zero-order valence-corrected chi connectivity index (χ0v) is 15.9. The lowest BCUT2D eigenvalue weighted by atomic mass is 10.2. The third-order valence-electron chi connectivity index (χ3n) is 3.82. The third-order valence-corrected chi connectivity index (χ3v) is 3.82. The number of rotatable bonds is 3. The summed E-state index contributed by atoms with van der Waals surface area (Å²) >= 11 is 0. The number of hydrogen-bond acceptors (Lipinski definition) is 4. The fourth-order valence-electron chi connectivity index (χ4n) is 2.71. The number of aromatic nitrogens is 2. The van der Waals surface area contributed by atoms with Crippen molar-refractivity contribution < 1.29 is 19.4 Å². The fraction of sp³-hybridized carbons (Fsp3) is 0.250. The summed E-state index contributed by atoms with van der Waals surface area (Å²) in [5.74, 6) is 0.126. The van der Waals surface area contributed by atoms with E-state index in [1.54, 1.807) is 32.9 Å². The van der Waals surface area contributed by atoms with E-state index in [9.17, 15) is 9.59 Å². The van der Waals surface area contributed by atoms with Crippen molar-refractivity contribution in [1.82, 2.24) is 15.0 Å². The Morgan fingerprint density at radius 3 is 2.50 bits per heavy atom. The first kappa shape index (κ1) is 19.2. The number of hydrazine groups is 1. The van der Waals surface area contributed by atoms with Crippen molar-refractivity contribution in [3.8, 4) is 0 Å². The van der Waals surface area contributed by atoms with Crippen LogP contribution in [0.5, 0.6) is 0 Å². The van der Waals surface area contributed by atoms with Gasteiger partial charge in [0.2, 0.25) is 0 Å². The largest absolute Gasteiger partial charge is 0.464 e. The number of carbonyl (C=O) groups is 2. The molecule has 146 valence electrons. The van der Waals surface area contributed by atoms with Crippen LogP contribution in [0.15, 0.2) is 54.7 Å². The van der Waals surface area contributed by atoms with Crippen LogP contribution in [-0.2, 0) is 11.3 Å². The average molecular weight is 382 g/mol. The Hall–Kier alpha value is -3.55. The van der Waals surface area contributed by atoms with Gasteiger partial charge in [-0.25, -0.2) is 20.0 Å². The number of ether oxygens (including phenoxy) is 1. The molecule has 1 aromatic carbocycles. The van der Waals surface area contributed by atoms with Gasteiger partial charge < -0.3 is 14.4 Å². The van der Waals surface area contributed by atoms with Crippen LogP contribution in [0.1, 0.15) is 26.3 Å². The third kappa shape index (κ3) is 4.59. The van der Waals surface area contributed by atoms with E-state index in [1.807, 2.05) is 52.6 Å². The van der Waals surface area contributed by atoms with Gasteiger partial charge in [0.1, 0.15) is 5.60 Å². The second kappa shape index (κ2) is 7.59. The van der Waals surface area contributed by atoms with Gasteiger partial charge in [0.15, 0.2) is 5.82 Å². The molecule has 0 fully saturated rings. The summed E-state index contributed by atoms with van der Waals surface area (Å²) in [5, 5.41) is 9.86. The van der Waals surface area contributed by atoms with E-state index >= 15 is 0 Å². The molecule has 8 heteroatoms. The van der Waals surface area contributed by atoms with Crippen molar-refractivity contribution in [3.63, 3.8) is 0 Å². The number of carboxylic acid groups (broad SMARTS) is 1. The first-order valence-corrected chi connectivity index (χ1v) is 8.75. The number of fused-ring (bicyclic) bond motifs is 1. The van der Waals surface area contributed by atoms with Crippen molar-refractivity contribution in [2.75, 3.05) is 5.01 Å². The van der Waals surface area contributed by atoms with Gasteiger partial charge in [-0.15, -0.1) is 0 Å². The van der Waals surface area contributed by atoms with E-state index in [-0.39, 0.29) is 5.82 Å². The summed E-state index contributed by atoms with van der Waals surface area (Å²) in [4.78, 5) is 28.0. The quantitative estimate of drug-likeness (QED) is 0.667. The molecule has 0 radical (unpaired) electrons. The van der Waals surface area contributed by atoms with Crippen LogP contribution in [0.2, 0.25) is 0 Å². The van der Waals surface area contributed by atoms with Crippen molar-refractivity contribution >= 4 is 29.0 Å². The predicted octanol–water partition coefficient (Wildman–Crippen LogP) is 4.01. The molecule has 2 heterocycles. The highest BCUT2D eigenvalue weighted by molar-refractivity contribution is 5.91. The number of benzene rings is 1. The minimum atomic E-state index is -1.39. The minimum absolute atomic E-state index is 0.126. The first-order chi connectivity index (χ1) is 13.2. The van der Waals surface area contributed by atoms with E-state index < -0.39 is 17.8 Å². The van der Waals surface area contributed by atoms with E-state index in [2.05, 4.69) is 4.98 Å². The molecule has 0 saturated heterocycles. The molecule has 0 saturated carbocycles. The fourth-order valence-corrected chi connectivity index (χ4v) is 2.71. The Morgan fingerprint density at radius 1 is 1.14 bits per heavy atom. The maximum Gasteiger partial charge on any atom is 0.435 e. The number of anilines is 1. The monoisotopic (exact) mass is 382 g/mol. The summed E-state index contributed by atoms with van der Waals surface area (Å²) < 4.78 is 7.30. The lowest BCUT2D eigenvalue weighted by Gasteiger charge is -2.26. The molecule has 0 atom stereocenters. The lowest BCUT2D eigenvalue weighted by Crippen LogP contribution is -2.48. The van der Waals surface area contributed by atoms with Crippen LogP contribution in [0.4, 0.5) is 15.4 Å². The molecule has 0 spiro atoms. The highest BCUT2D eigenvalue weighted by atomic mass is 16.6. The summed E-state index contributed by atoms with van der Waals surface area (Å²) in [6.45, 7) is 5.77. The van der Waals surface area contributed by atoms with Gasteiger partial charge >= 0.3 is 12.2 Å². The number of hydrogen-bond donors (Lipinski definition) is 2. The SMILES string of the molecule is CC(C)(C)OC(=O)N(NC(=O)O)c1ccc2c(ccn2Cc2ccccc2)n1. The normalized spacial score (nSPS) is 11.2. The van der Waals surface area contributed by atoms with E-state index in [0.717, 1.165) is 16.1 Å². The molecule has 0 unspecified atom stereocenters. The number of nitrogens with one attached hydrogen (secondary N) is 1. The summed E-state index contributed by atoms with van der Waals surface area (Å²) in [6, 6.07) is 15.2. The molecule has 2 aromatic heterocycles. The Labute approximate surface area is 162 Å². The molecule has 0 aliphatic rings. The minimum Gasteiger partial charge on any atom is -0.464 e. The molecule has 2 amide bonds. The number of amides is 2. The van der Waals surface area contributed by atoms with Gasteiger partial charge in [-0.3, -0.25) is 0 Å². The van der Waals surface area contributed by atoms with Crippen molar-refractivity contribution in [3.05, 3.63) is 60.3 Å². The summed E-state index contributed by atoms with van der Waals surface area (Å²) in [7, 11) is 0. The Morgan fingerprint density at radius 2 is 1.86 bits per heavy atom. The average Bonchev–Trinajstić information content (AvgIpc) is 3.01. The molecule has 3 rings (SSSR count). The van der Waals surface area contributed by atoms with E-state index in [0.29, 0.717) is 12.1 Å². The van der Waals surface area contributed by atoms with Crippen LogP contribution in [0.25, 0.3) is 11.0 Å². The van der Waals surface area contributed by atoms with Crippen LogP contribution < -0.4 is 10.4 Å². The van der Waals surface area contributed by atoms with Crippen LogP contribution in [-0.4, -0.2) is 32.4 Å². The van der Waals surface area contributed by atoms with Crippen molar-refractivity contribution in [2.24, 2.45) is 0 Å². The van der Waals surface area contributed by atoms with Crippen molar-refractivity contribution in [2.45, 2.75) is 32.9 Å². The molecular formula is C20H22N4O4. The molecule has 2 N–H and O–H groups in total. The van der Waals surface area contributed by atoms with Gasteiger partial charge in [-0.2, -0.15) is 5.01 Å². The van der Waals surface area contributed by atoms with E-state index in [1.165, 1.54) is 0 Å². The number of pyridine rings is 1. The molecular weight excluding hydrogens is 360 g/mol. The van der Waals surface area contributed by atoms with Gasteiger partial charge in [0.05, 0.1) is 11.0 Å².